The number of nitrogens with one attached hydrogen (secondary N) is 1. The third-order valence-corrected chi connectivity index (χ3v) is 6.80. The number of carbonyl (C=O) groups excluding carboxylic acids is 1. The monoisotopic (exact) mass is 442 g/mol. The highest BCUT2D eigenvalue weighted by atomic mass is 32.2. The SMILES string of the molecule is CC(O)(c1ccc(NC(=O)Cc2ccc(S(=O)(=O)CC3CC3)cc2)cn1)C(F)(F)F. The van der Waals surface area contributed by atoms with Crippen LogP contribution in [0.5, 0.6) is 0 Å². The lowest BCUT2D eigenvalue weighted by Crippen LogP contribution is -2.39. The smallest absolute Gasteiger partial charge is 0.375 e. The maximum absolute atomic E-state index is 12.8. The Morgan fingerprint density at radius 2 is 1.80 bits per heavy atom. The molecule has 0 saturated heterocycles. The first-order valence-electron chi connectivity index (χ1n) is 9.26. The van der Waals surface area contributed by atoms with Crippen LogP contribution < -0.4 is 5.32 Å². The third-order valence-electron chi connectivity index (χ3n) is 4.90. The van der Waals surface area contributed by atoms with Gasteiger partial charge in [-0.05, 0) is 55.5 Å². The number of hydrogen-bond donors (Lipinski definition) is 2. The minimum atomic E-state index is -4.89. The van der Waals surface area contributed by atoms with Gasteiger partial charge in [-0.2, -0.15) is 13.2 Å². The minimum Gasteiger partial charge on any atom is -0.375 e. The minimum absolute atomic E-state index is 0.0506. The molecule has 0 radical (unpaired) electrons. The second-order valence-electron chi connectivity index (χ2n) is 7.60. The van der Waals surface area contributed by atoms with E-state index >= 15 is 0 Å². The average molecular weight is 442 g/mol. The highest BCUT2D eigenvalue weighted by Crippen LogP contribution is 2.37. The second kappa shape index (κ2) is 7.99. The molecule has 0 spiro atoms. The molecule has 3 rings (SSSR count). The van der Waals surface area contributed by atoms with Crippen molar-refractivity contribution in [1.82, 2.24) is 4.98 Å². The van der Waals surface area contributed by atoms with E-state index < -0.39 is 33.2 Å². The summed E-state index contributed by atoms with van der Waals surface area (Å²) in [4.78, 5) is 16.0. The number of benzene rings is 1. The summed E-state index contributed by atoms with van der Waals surface area (Å²) in [6, 6.07) is 8.25. The molecule has 1 aliphatic rings. The molecular weight excluding hydrogens is 421 g/mol. The van der Waals surface area contributed by atoms with Gasteiger partial charge in [0.2, 0.25) is 5.91 Å². The van der Waals surface area contributed by atoms with Crippen LogP contribution in [0.3, 0.4) is 0 Å². The van der Waals surface area contributed by atoms with Gasteiger partial charge < -0.3 is 10.4 Å². The molecule has 1 saturated carbocycles. The van der Waals surface area contributed by atoms with Crippen molar-refractivity contribution in [1.29, 1.82) is 0 Å². The predicted octanol–water partition coefficient (Wildman–Crippen LogP) is 3.22. The van der Waals surface area contributed by atoms with Crippen LogP contribution in [0.1, 0.15) is 31.0 Å². The van der Waals surface area contributed by atoms with Gasteiger partial charge in [0.1, 0.15) is 0 Å². The lowest BCUT2D eigenvalue weighted by atomic mass is 10.0. The molecule has 30 heavy (non-hydrogen) atoms. The Morgan fingerprint density at radius 1 is 1.17 bits per heavy atom. The fourth-order valence-corrected chi connectivity index (χ4v) is 4.49. The zero-order valence-electron chi connectivity index (χ0n) is 16.1. The van der Waals surface area contributed by atoms with Crippen LogP contribution in [-0.4, -0.2) is 36.3 Å². The zero-order valence-corrected chi connectivity index (χ0v) is 16.9. The molecule has 1 unspecified atom stereocenters. The number of carbonyl (C=O) groups is 1. The summed E-state index contributed by atoms with van der Waals surface area (Å²) in [6.45, 7) is 0.599. The fourth-order valence-electron chi connectivity index (χ4n) is 2.80. The van der Waals surface area contributed by atoms with Crippen molar-refractivity contribution in [2.45, 2.75) is 42.9 Å². The highest BCUT2D eigenvalue weighted by Gasteiger charge is 2.52. The predicted molar refractivity (Wildman–Crippen MR) is 103 cm³/mol. The first-order valence-corrected chi connectivity index (χ1v) is 10.9. The average Bonchev–Trinajstić information content (AvgIpc) is 3.45. The molecule has 1 amide bonds. The van der Waals surface area contributed by atoms with E-state index in [9.17, 15) is 31.5 Å². The molecule has 10 heteroatoms. The van der Waals surface area contributed by atoms with Gasteiger partial charge in [-0.1, -0.05) is 12.1 Å². The molecule has 1 aliphatic carbocycles. The van der Waals surface area contributed by atoms with Crippen molar-refractivity contribution in [2.24, 2.45) is 5.92 Å². The van der Waals surface area contributed by atoms with E-state index in [4.69, 9.17) is 0 Å². The number of rotatable bonds is 7. The van der Waals surface area contributed by atoms with Gasteiger partial charge >= 0.3 is 6.18 Å². The molecular formula is C20H21F3N2O4S. The van der Waals surface area contributed by atoms with Gasteiger partial charge in [0, 0.05) is 0 Å². The van der Waals surface area contributed by atoms with Crippen LogP contribution in [0.15, 0.2) is 47.5 Å². The molecule has 0 aliphatic heterocycles. The van der Waals surface area contributed by atoms with Crippen molar-refractivity contribution in [3.05, 3.63) is 53.9 Å². The van der Waals surface area contributed by atoms with Crippen molar-refractivity contribution in [3.8, 4) is 0 Å². The first kappa shape index (κ1) is 22.2. The number of alkyl halides is 3. The molecule has 1 atom stereocenters. The summed E-state index contributed by atoms with van der Waals surface area (Å²) in [7, 11) is -3.33. The number of amides is 1. The van der Waals surface area contributed by atoms with Crippen LogP contribution in [-0.2, 0) is 26.7 Å². The summed E-state index contributed by atoms with van der Waals surface area (Å²) in [5.74, 6) is -0.0714. The Hall–Kier alpha value is -2.46. The van der Waals surface area contributed by atoms with E-state index in [0.717, 1.165) is 25.1 Å². The van der Waals surface area contributed by atoms with Crippen molar-refractivity contribution < 1.29 is 31.5 Å². The lowest BCUT2D eigenvalue weighted by molar-refractivity contribution is -0.260. The van der Waals surface area contributed by atoms with Gasteiger partial charge in [-0.25, -0.2) is 8.42 Å². The number of aromatic nitrogens is 1. The number of nitrogens with zero attached hydrogens (tertiary/aromatic N) is 1. The number of anilines is 1. The standard InChI is InChI=1S/C20H21F3N2O4S/c1-19(27,20(21,22)23)17-9-6-15(11-24-17)25-18(26)10-13-4-7-16(8-5-13)30(28,29)12-14-2-3-14/h4-9,11,14,27H,2-3,10,12H2,1H3,(H,25,26). The molecule has 0 bridgehead atoms. The van der Waals surface area contributed by atoms with Crippen LogP contribution >= 0.6 is 0 Å². The van der Waals surface area contributed by atoms with E-state index in [1.165, 1.54) is 18.2 Å². The van der Waals surface area contributed by atoms with E-state index in [2.05, 4.69) is 10.3 Å². The maximum atomic E-state index is 12.8. The van der Waals surface area contributed by atoms with E-state index in [1.807, 2.05) is 0 Å². The summed E-state index contributed by atoms with van der Waals surface area (Å²) >= 11 is 0. The molecule has 1 heterocycles. The van der Waals surface area contributed by atoms with Gasteiger partial charge in [0.25, 0.3) is 0 Å². The Bertz CT molecular complexity index is 1010. The maximum Gasteiger partial charge on any atom is 0.422 e. The van der Waals surface area contributed by atoms with Crippen molar-refractivity contribution >= 4 is 21.4 Å². The van der Waals surface area contributed by atoms with Crippen LogP contribution in [0, 0.1) is 5.92 Å². The molecule has 162 valence electrons. The number of sulfone groups is 1. The van der Waals surface area contributed by atoms with Gasteiger partial charge in [-0.15, -0.1) is 0 Å². The summed E-state index contributed by atoms with van der Waals surface area (Å²) in [5.41, 5.74) is -2.93. The molecule has 1 aromatic heterocycles. The molecule has 1 fully saturated rings. The van der Waals surface area contributed by atoms with Crippen molar-refractivity contribution in [3.63, 3.8) is 0 Å². The normalized spacial score (nSPS) is 16.7. The van der Waals surface area contributed by atoms with Crippen LogP contribution in [0.25, 0.3) is 0 Å². The Kier molecular flexibility index (Phi) is 5.92. The van der Waals surface area contributed by atoms with E-state index in [-0.39, 0.29) is 28.7 Å². The largest absolute Gasteiger partial charge is 0.422 e. The number of halogens is 3. The zero-order chi connectivity index (χ0) is 22.2. The number of hydrogen-bond acceptors (Lipinski definition) is 5. The number of pyridine rings is 1. The first-order chi connectivity index (χ1) is 13.9. The van der Waals surface area contributed by atoms with Gasteiger partial charge in [0.05, 0.1) is 34.6 Å². The third kappa shape index (κ3) is 5.17. The van der Waals surface area contributed by atoms with E-state index in [0.29, 0.717) is 12.5 Å². The van der Waals surface area contributed by atoms with Crippen LogP contribution in [0.4, 0.5) is 18.9 Å². The van der Waals surface area contributed by atoms with Crippen LogP contribution in [0.2, 0.25) is 0 Å². The second-order valence-corrected chi connectivity index (χ2v) is 9.63. The Balaban J connectivity index is 1.60. The van der Waals surface area contributed by atoms with Crippen molar-refractivity contribution in [2.75, 3.05) is 11.1 Å². The van der Waals surface area contributed by atoms with Gasteiger partial charge in [0.15, 0.2) is 15.4 Å². The topological polar surface area (TPSA) is 96.4 Å². The quantitative estimate of drug-likeness (QED) is 0.687. The van der Waals surface area contributed by atoms with E-state index in [1.54, 1.807) is 12.1 Å². The highest BCUT2D eigenvalue weighted by molar-refractivity contribution is 7.91. The summed E-state index contributed by atoms with van der Waals surface area (Å²) < 4.78 is 63.0. The molecule has 1 aromatic carbocycles. The summed E-state index contributed by atoms with van der Waals surface area (Å²) in [5, 5.41) is 12.1. The molecule has 2 N–H and O–H groups in total. The fraction of sp³-hybridized carbons (Fsp3) is 0.400. The molecule has 2 aromatic rings. The lowest BCUT2D eigenvalue weighted by Gasteiger charge is -2.25. The Morgan fingerprint density at radius 3 is 2.30 bits per heavy atom. The molecule has 6 nitrogen and oxygen atoms in total. The Labute approximate surface area is 172 Å². The van der Waals surface area contributed by atoms with Gasteiger partial charge in [-0.3, -0.25) is 9.78 Å². The number of aliphatic hydroxyl groups is 1. The summed E-state index contributed by atoms with van der Waals surface area (Å²) in [6.07, 6.45) is -2.04.